The lowest BCUT2D eigenvalue weighted by Crippen LogP contribution is -2.51. The third-order valence-electron chi connectivity index (χ3n) is 4.63. The van der Waals surface area contributed by atoms with Crippen molar-refractivity contribution in [3.8, 4) is 6.07 Å². The molecule has 0 spiro atoms. The van der Waals surface area contributed by atoms with Crippen molar-refractivity contribution in [2.75, 3.05) is 26.2 Å². The van der Waals surface area contributed by atoms with Crippen molar-refractivity contribution < 1.29 is 4.79 Å². The van der Waals surface area contributed by atoms with E-state index in [1.54, 1.807) is 0 Å². The van der Waals surface area contributed by atoms with Crippen LogP contribution >= 0.6 is 0 Å². The molecule has 0 N–H and O–H groups in total. The van der Waals surface area contributed by atoms with Crippen LogP contribution in [0.25, 0.3) is 10.8 Å². The van der Waals surface area contributed by atoms with Crippen LogP contribution in [0.3, 0.4) is 0 Å². The van der Waals surface area contributed by atoms with Crippen LogP contribution in [0, 0.1) is 11.3 Å². The van der Waals surface area contributed by atoms with Crippen LogP contribution in [0.4, 0.5) is 0 Å². The number of fused-ring (bicyclic) bond motifs is 1. The predicted molar refractivity (Wildman–Crippen MR) is 91.1 cm³/mol. The standard InChI is InChI=1S/C19H21N3O/c1-15(9-10-20)21-11-13-22(14-12-21)19(23)18-8-4-6-16-5-2-3-7-17(16)18/h2-8,15H,9,11-14H2,1H3. The van der Waals surface area contributed by atoms with Gasteiger partial charge in [-0.1, -0.05) is 36.4 Å². The van der Waals surface area contributed by atoms with Crippen LogP contribution in [-0.2, 0) is 0 Å². The van der Waals surface area contributed by atoms with Crippen molar-refractivity contribution in [1.82, 2.24) is 9.80 Å². The van der Waals surface area contributed by atoms with Gasteiger partial charge in [0.1, 0.15) is 0 Å². The molecule has 0 saturated carbocycles. The monoisotopic (exact) mass is 307 g/mol. The number of hydrogen-bond acceptors (Lipinski definition) is 3. The minimum absolute atomic E-state index is 0.106. The van der Waals surface area contributed by atoms with E-state index in [0.29, 0.717) is 6.42 Å². The Balaban J connectivity index is 1.73. The largest absolute Gasteiger partial charge is 0.336 e. The van der Waals surface area contributed by atoms with Gasteiger partial charge in [0.25, 0.3) is 5.91 Å². The summed E-state index contributed by atoms with van der Waals surface area (Å²) in [7, 11) is 0. The normalized spacial score (nSPS) is 17.0. The van der Waals surface area contributed by atoms with Crippen LogP contribution in [0.2, 0.25) is 0 Å². The molecule has 1 aliphatic heterocycles. The van der Waals surface area contributed by atoms with Crippen molar-refractivity contribution in [3.05, 3.63) is 48.0 Å². The molecule has 1 heterocycles. The Bertz CT molecular complexity index is 736. The predicted octanol–water partition coefficient (Wildman–Crippen LogP) is 2.90. The zero-order valence-corrected chi connectivity index (χ0v) is 13.4. The quantitative estimate of drug-likeness (QED) is 0.876. The highest BCUT2D eigenvalue weighted by atomic mass is 16.2. The summed E-state index contributed by atoms with van der Waals surface area (Å²) < 4.78 is 0. The van der Waals surface area contributed by atoms with Gasteiger partial charge in [-0.05, 0) is 23.8 Å². The van der Waals surface area contributed by atoms with Gasteiger partial charge in [0, 0.05) is 37.8 Å². The Kier molecular flexibility index (Phi) is 4.59. The maximum Gasteiger partial charge on any atom is 0.254 e. The van der Waals surface area contributed by atoms with Gasteiger partial charge >= 0.3 is 0 Å². The second kappa shape index (κ2) is 6.80. The number of amides is 1. The van der Waals surface area contributed by atoms with E-state index in [1.165, 1.54) is 0 Å². The van der Waals surface area contributed by atoms with Crippen molar-refractivity contribution >= 4 is 16.7 Å². The van der Waals surface area contributed by atoms with E-state index in [9.17, 15) is 4.79 Å². The van der Waals surface area contributed by atoms with Gasteiger partial charge in [0.2, 0.25) is 0 Å². The molecule has 1 aliphatic rings. The first kappa shape index (κ1) is 15.5. The molecule has 1 fully saturated rings. The minimum Gasteiger partial charge on any atom is -0.336 e. The third kappa shape index (κ3) is 3.20. The lowest BCUT2D eigenvalue weighted by Gasteiger charge is -2.37. The number of nitriles is 1. The first-order valence-electron chi connectivity index (χ1n) is 8.08. The van der Waals surface area contributed by atoms with Gasteiger partial charge in [-0.2, -0.15) is 5.26 Å². The number of benzene rings is 2. The van der Waals surface area contributed by atoms with Crippen molar-refractivity contribution in [3.63, 3.8) is 0 Å². The van der Waals surface area contributed by atoms with Crippen LogP contribution in [-0.4, -0.2) is 47.9 Å². The topological polar surface area (TPSA) is 47.3 Å². The average molecular weight is 307 g/mol. The molecule has 4 nitrogen and oxygen atoms in total. The highest BCUT2D eigenvalue weighted by Gasteiger charge is 2.25. The first-order valence-corrected chi connectivity index (χ1v) is 8.08. The number of nitrogens with zero attached hydrogens (tertiary/aromatic N) is 3. The van der Waals surface area contributed by atoms with Crippen LogP contribution in [0.1, 0.15) is 23.7 Å². The molecule has 0 aliphatic carbocycles. The Labute approximate surface area is 136 Å². The molecule has 118 valence electrons. The van der Waals surface area contributed by atoms with Gasteiger partial charge in [-0.3, -0.25) is 9.69 Å². The highest BCUT2D eigenvalue weighted by molar-refractivity contribution is 6.07. The molecule has 4 heteroatoms. The van der Waals surface area contributed by atoms with E-state index in [4.69, 9.17) is 5.26 Å². The van der Waals surface area contributed by atoms with Gasteiger partial charge in [0.05, 0.1) is 12.5 Å². The number of rotatable bonds is 3. The van der Waals surface area contributed by atoms with Gasteiger partial charge < -0.3 is 4.90 Å². The summed E-state index contributed by atoms with van der Waals surface area (Å²) >= 11 is 0. The van der Waals surface area contributed by atoms with Crippen molar-refractivity contribution in [2.45, 2.75) is 19.4 Å². The smallest absolute Gasteiger partial charge is 0.254 e. The lowest BCUT2D eigenvalue weighted by atomic mass is 10.0. The molecule has 1 amide bonds. The maximum atomic E-state index is 12.9. The fraction of sp³-hybridized carbons (Fsp3) is 0.368. The Hall–Kier alpha value is -2.38. The molecule has 2 aromatic carbocycles. The Morgan fingerprint density at radius 1 is 1.13 bits per heavy atom. The van der Waals surface area contributed by atoms with Gasteiger partial charge in [0.15, 0.2) is 0 Å². The summed E-state index contributed by atoms with van der Waals surface area (Å²) in [6.07, 6.45) is 0.539. The van der Waals surface area contributed by atoms with E-state index in [2.05, 4.69) is 17.9 Å². The molecule has 0 aromatic heterocycles. The molecule has 1 atom stereocenters. The summed E-state index contributed by atoms with van der Waals surface area (Å²) in [5.41, 5.74) is 0.779. The molecule has 0 radical (unpaired) electrons. The minimum atomic E-state index is 0.106. The molecule has 0 bridgehead atoms. The zero-order valence-electron chi connectivity index (χ0n) is 13.4. The molecule has 1 unspecified atom stereocenters. The van der Waals surface area contributed by atoms with Crippen LogP contribution < -0.4 is 0 Å². The van der Waals surface area contributed by atoms with E-state index < -0.39 is 0 Å². The van der Waals surface area contributed by atoms with Gasteiger partial charge in [-0.15, -0.1) is 0 Å². The third-order valence-corrected chi connectivity index (χ3v) is 4.63. The number of carbonyl (C=O) groups excluding carboxylic acids is 1. The summed E-state index contributed by atoms with van der Waals surface area (Å²) in [5, 5.41) is 10.9. The molecule has 23 heavy (non-hydrogen) atoms. The maximum absolute atomic E-state index is 12.9. The number of hydrogen-bond donors (Lipinski definition) is 0. The van der Waals surface area contributed by atoms with E-state index in [-0.39, 0.29) is 11.9 Å². The molecular weight excluding hydrogens is 286 g/mol. The summed E-state index contributed by atoms with van der Waals surface area (Å²) in [4.78, 5) is 17.1. The summed E-state index contributed by atoms with van der Waals surface area (Å²) in [5.74, 6) is 0.106. The van der Waals surface area contributed by atoms with E-state index in [0.717, 1.165) is 42.5 Å². The molecule has 1 saturated heterocycles. The molecular formula is C19H21N3O. The van der Waals surface area contributed by atoms with Crippen molar-refractivity contribution in [1.29, 1.82) is 5.26 Å². The number of carbonyl (C=O) groups is 1. The van der Waals surface area contributed by atoms with Crippen molar-refractivity contribution in [2.24, 2.45) is 0 Å². The zero-order chi connectivity index (χ0) is 16.2. The first-order chi connectivity index (χ1) is 11.2. The molecule has 2 aromatic rings. The van der Waals surface area contributed by atoms with Gasteiger partial charge in [-0.25, -0.2) is 0 Å². The average Bonchev–Trinajstić information content (AvgIpc) is 2.61. The highest BCUT2D eigenvalue weighted by Crippen LogP contribution is 2.21. The number of piperazine rings is 1. The molecule has 3 rings (SSSR count). The summed E-state index contributed by atoms with van der Waals surface area (Å²) in [6.45, 7) is 5.18. The van der Waals surface area contributed by atoms with E-state index >= 15 is 0 Å². The Morgan fingerprint density at radius 2 is 1.83 bits per heavy atom. The second-order valence-corrected chi connectivity index (χ2v) is 6.07. The van der Waals surface area contributed by atoms with E-state index in [1.807, 2.05) is 47.4 Å². The SMILES string of the molecule is CC(CC#N)N1CCN(C(=O)c2cccc3ccccc23)CC1. The lowest BCUT2D eigenvalue weighted by molar-refractivity contribution is 0.0587. The van der Waals surface area contributed by atoms with Crippen LogP contribution in [0.5, 0.6) is 0 Å². The second-order valence-electron chi connectivity index (χ2n) is 6.07. The van der Waals surface area contributed by atoms with Crippen LogP contribution in [0.15, 0.2) is 42.5 Å². The Morgan fingerprint density at radius 3 is 2.57 bits per heavy atom. The fourth-order valence-corrected chi connectivity index (χ4v) is 3.21. The fourth-order valence-electron chi connectivity index (χ4n) is 3.21. The summed E-state index contributed by atoms with van der Waals surface area (Å²) in [6, 6.07) is 16.4.